The molecule has 1 rings (SSSR count). The molecule has 0 aliphatic carbocycles. The highest BCUT2D eigenvalue weighted by Crippen LogP contribution is 2.14. The summed E-state index contributed by atoms with van der Waals surface area (Å²) in [5, 5.41) is 11.3. The number of hydrogen-bond acceptors (Lipinski definition) is 2. The van der Waals surface area contributed by atoms with E-state index in [9.17, 15) is 0 Å². The molecule has 0 saturated carbocycles. The van der Waals surface area contributed by atoms with E-state index in [1.54, 1.807) is 0 Å². The van der Waals surface area contributed by atoms with E-state index in [0.717, 1.165) is 24.6 Å². The Bertz CT molecular complexity index is 467. The normalized spacial score (nSPS) is 12.7. The third kappa shape index (κ3) is 6.54. The molecule has 0 fully saturated rings. The number of nitrogens with one attached hydrogen (secondary N) is 2. The second kappa shape index (κ2) is 10.9. The molecular formula is C16H32IN5. The maximum Gasteiger partial charge on any atom is 0.191 e. The van der Waals surface area contributed by atoms with Crippen LogP contribution in [0, 0.1) is 13.8 Å². The summed E-state index contributed by atoms with van der Waals surface area (Å²) in [6.45, 7) is 9.58. The number of hydrogen-bond donors (Lipinski definition) is 2. The van der Waals surface area contributed by atoms with E-state index < -0.39 is 0 Å². The van der Waals surface area contributed by atoms with Gasteiger partial charge in [-0.1, -0.05) is 19.8 Å². The molecule has 22 heavy (non-hydrogen) atoms. The first-order valence-corrected chi connectivity index (χ1v) is 7.95. The van der Waals surface area contributed by atoms with Crippen LogP contribution in [0.1, 0.15) is 50.1 Å². The van der Waals surface area contributed by atoms with Crippen LogP contribution in [0.2, 0.25) is 0 Å². The summed E-state index contributed by atoms with van der Waals surface area (Å²) in [4.78, 5) is 4.29. The van der Waals surface area contributed by atoms with E-state index in [1.165, 1.54) is 30.5 Å². The van der Waals surface area contributed by atoms with Gasteiger partial charge in [-0.05, 0) is 39.2 Å². The van der Waals surface area contributed by atoms with Gasteiger partial charge in [0.1, 0.15) is 0 Å². The van der Waals surface area contributed by atoms with Crippen LogP contribution >= 0.6 is 24.0 Å². The maximum absolute atomic E-state index is 4.48. The molecule has 0 saturated heterocycles. The summed E-state index contributed by atoms with van der Waals surface area (Å²) < 4.78 is 1.95. The molecule has 0 radical (unpaired) electrons. The van der Waals surface area contributed by atoms with Crippen molar-refractivity contribution < 1.29 is 0 Å². The number of nitrogens with zero attached hydrogens (tertiary/aromatic N) is 3. The highest BCUT2D eigenvalue weighted by Gasteiger charge is 2.13. The molecule has 0 amide bonds. The zero-order chi connectivity index (χ0) is 15.8. The van der Waals surface area contributed by atoms with Crippen molar-refractivity contribution >= 4 is 29.9 Å². The van der Waals surface area contributed by atoms with Crippen molar-refractivity contribution in [1.82, 2.24) is 20.4 Å². The van der Waals surface area contributed by atoms with Gasteiger partial charge in [-0.3, -0.25) is 9.67 Å². The SMILES string of the molecule is CCCCCNC(=NC)NC(C)Cc1c(C)nn(C)c1C.I. The molecule has 1 atom stereocenters. The molecule has 0 spiro atoms. The van der Waals surface area contributed by atoms with E-state index in [-0.39, 0.29) is 24.0 Å². The number of aliphatic imine (C=N–C) groups is 1. The number of guanidine groups is 1. The van der Waals surface area contributed by atoms with Crippen LogP contribution in [0.5, 0.6) is 0 Å². The van der Waals surface area contributed by atoms with Crippen LogP contribution in [0.4, 0.5) is 0 Å². The third-order valence-electron chi connectivity index (χ3n) is 3.85. The second-order valence-electron chi connectivity index (χ2n) is 5.73. The highest BCUT2D eigenvalue weighted by atomic mass is 127. The lowest BCUT2D eigenvalue weighted by atomic mass is 10.1. The molecule has 0 aromatic carbocycles. The summed E-state index contributed by atoms with van der Waals surface area (Å²) >= 11 is 0. The van der Waals surface area contributed by atoms with Crippen molar-refractivity contribution in [3.8, 4) is 0 Å². The fraction of sp³-hybridized carbons (Fsp3) is 0.750. The smallest absolute Gasteiger partial charge is 0.191 e. The Labute approximate surface area is 152 Å². The summed E-state index contributed by atoms with van der Waals surface area (Å²) in [7, 11) is 3.82. The second-order valence-corrected chi connectivity index (χ2v) is 5.73. The van der Waals surface area contributed by atoms with Crippen LogP contribution in [0.3, 0.4) is 0 Å². The lowest BCUT2D eigenvalue weighted by Crippen LogP contribution is -2.43. The van der Waals surface area contributed by atoms with E-state index in [2.05, 4.69) is 48.4 Å². The maximum atomic E-state index is 4.48. The van der Waals surface area contributed by atoms with Gasteiger partial charge in [-0.25, -0.2) is 0 Å². The summed E-state index contributed by atoms with van der Waals surface area (Å²) in [5.41, 5.74) is 3.69. The van der Waals surface area contributed by atoms with Gasteiger partial charge in [-0.15, -0.1) is 24.0 Å². The van der Waals surface area contributed by atoms with Crippen molar-refractivity contribution in [3.05, 3.63) is 17.0 Å². The Morgan fingerprint density at radius 1 is 1.32 bits per heavy atom. The molecule has 0 aliphatic heterocycles. The van der Waals surface area contributed by atoms with Gasteiger partial charge >= 0.3 is 0 Å². The Morgan fingerprint density at radius 2 is 2.00 bits per heavy atom. The first-order valence-electron chi connectivity index (χ1n) is 7.95. The molecule has 1 unspecified atom stereocenters. The minimum absolute atomic E-state index is 0. The Morgan fingerprint density at radius 3 is 2.50 bits per heavy atom. The Kier molecular flexibility index (Phi) is 10.5. The Balaban J connectivity index is 0.00000441. The van der Waals surface area contributed by atoms with E-state index in [0.29, 0.717) is 6.04 Å². The van der Waals surface area contributed by atoms with Crippen LogP contribution in [0.25, 0.3) is 0 Å². The van der Waals surface area contributed by atoms with Crippen LogP contribution in [-0.4, -0.2) is 35.4 Å². The molecule has 5 nitrogen and oxygen atoms in total. The fourth-order valence-corrected chi connectivity index (χ4v) is 2.48. The van der Waals surface area contributed by atoms with Gasteiger partial charge in [0, 0.05) is 32.4 Å². The standard InChI is InChI=1S/C16H31N5.HI/c1-7-8-9-10-18-16(17-5)19-12(2)11-15-13(3)20-21(6)14(15)4;/h12H,7-11H2,1-6H3,(H2,17,18,19);1H. The van der Waals surface area contributed by atoms with E-state index >= 15 is 0 Å². The van der Waals surface area contributed by atoms with Crippen LogP contribution in [-0.2, 0) is 13.5 Å². The molecule has 1 heterocycles. The first kappa shape index (κ1) is 21.2. The topological polar surface area (TPSA) is 54.2 Å². The fourth-order valence-electron chi connectivity index (χ4n) is 2.48. The van der Waals surface area contributed by atoms with Gasteiger partial charge in [0.2, 0.25) is 0 Å². The lowest BCUT2D eigenvalue weighted by Gasteiger charge is -2.18. The van der Waals surface area contributed by atoms with Gasteiger partial charge in [0.15, 0.2) is 5.96 Å². The Hall–Kier alpha value is -0.790. The average Bonchev–Trinajstić information content (AvgIpc) is 2.68. The summed E-state index contributed by atoms with van der Waals surface area (Å²) in [5.74, 6) is 0.887. The van der Waals surface area contributed by atoms with Gasteiger partial charge < -0.3 is 10.6 Å². The molecule has 128 valence electrons. The molecular weight excluding hydrogens is 389 g/mol. The zero-order valence-corrected chi connectivity index (χ0v) is 17.2. The largest absolute Gasteiger partial charge is 0.356 e. The zero-order valence-electron chi connectivity index (χ0n) is 14.9. The molecule has 1 aromatic rings. The average molecular weight is 421 g/mol. The monoisotopic (exact) mass is 421 g/mol. The summed E-state index contributed by atoms with van der Waals surface area (Å²) in [6.07, 6.45) is 4.64. The molecule has 0 aliphatic rings. The predicted molar refractivity (Wildman–Crippen MR) is 105 cm³/mol. The minimum atomic E-state index is 0. The van der Waals surface area contributed by atoms with Crippen LogP contribution in [0.15, 0.2) is 4.99 Å². The quantitative estimate of drug-likeness (QED) is 0.308. The van der Waals surface area contributed by atoms with Gasteiger partial charge in [-0.2, -0.15) is 5.10 Å². The van der Waals surface area contributed by atoms with Crippen molar-refractivity contribution in [2.75, 3.05) is 13.6 Å². The van der Waals surface area contributed by atoms with Crippen molar-refractivity contribution in [3.63, 3.8) is 0 Å². The highest BCUT2D eigenvalue weighted by molar-refractivity contribution is 14.0. The van der Waals surface area contributed by atoms with Gasteiger partial charge in [0.05, 0.1) is 5.69 Å². The number of unbranched alkanes of at least 4 members (excludes halogenated alkanes) is 2. The number of halogens is 1. The van der Waals surface area contributed by atoms with E-state index in [4.69, 9.17) is 0 Å². The molecule has 2 N–H and O–H groups in total. The van der Waals surface area contributed by atoms with Crippen LogP contribution < -0.4 is 10.6 Å². The molecule has 6 heteroatoms. The lowest BCUT2D eigenvalue weighted by molar-refractivity contribution is 0.624. The number of rotatable bonds is 7. The van der Waals surface area contributed by atoms with E-state index in [1.807, 2.05) is 18.8 Å². The molecule has 0 bridgehead atoms. The van der Waals surface area contributed by atoms with Crippen molar-refractivity contribution in [2.45, 2.75) is 59.4 Å². The summed E-state index contributed by atoms with van der Waals surface area (Å²) in [6, 6.07) is 0.323. The van der Waals surface area contributed by atoms with Gasteiger partial charge in [0.25, 0.3) is 0 Å². The predicted octanol–water partition coefficient (Wildman–Crippen LogP) is 2.94. The number of aryl methyl sites for hydroxylation is 2. The van der Waals surface area contributed by atoms with Crippen molar-refractivity contribution in [1.29, 1.82) is 0 Å². The minimum Gasteiger partial charge on any atom is -0.356 e. The molecule has 1 aromatic heterocycles. The number of aromatic nitrogens is 2. The van der Waals surface area contributed by atoms with Crippen molar-refractivity contribution in [2.24, 2.45) is 12.0 Å². The third-order valence-corrected chi connectivity index (χ3v) is 3.85. The first-order chi connectivity index (χ1) is 9.99.